The Morgan fingerprint density at radius 1 is 0.595 bits per heavy atom. The van der Waals surface area contributed by atoms with E-state index in [0.717, 1.165) is 17.2 Å². The standard InChI is InChI=1S/C7H8.C6H14.2C5H6N2.C5H12.C4H5N3.3CH4/c1-7-5-3-2-4-6-7;1-5-6(2,3)4;1-5-2-6-4-7-3-5;1-5-6-3-2-4-7-5;1-5(2,3)4;1-4-6-2-5-3-7-4;;;/h2-6H,1H3;5H2,1-4H3;2*2-4H,1H3;1-4H3;2-3H,1H3;3*1H4/i;;;;;;1D3;;. The maximum Gasteiger partial charge on any atom is 0.128 e. The fraction of sp³-hybridized carbons (Fsp3) is 0.514. The lowest BCUT2D eigenvalue weighted by Crippen LogP contribution is -2.00. The van der Waals surface area contributed by atoms with E-state index < -0.39 is 7.35 Å². The van der Waals surface area contributed by atoms with Crippen molar-refractivity contribution in [2.75, 3.05) is 0 Å². The van der Waals surface area contributed by atoms with Gasteiger partial charge in [0, 0.05) is 28.9 Å². The second kappa shape index (κ2) is 28.9. The van der Waals surface area contributed by atoms with Gasteiger partial charge in [0.05, 0.1) is 0 Å². The lowest BCUT2D eigenvalue weighted by molar-refractivity contribution is 0.398. The average Bonchev–Trinajstić information content (AvgIpc) is 2.90. The molecule has 0 atom stereocenters. The molecule has 0 aliphatic carbocycles. The normalized spacial score (nSPS) is 9.88. The summed E-state index contributed by atoms with van der Waals surface area (Å²) in [6, 6.07) is 12.1. The predicted molar refractivity (Wildman–Crippen MR) is 184 cm³/mol. The Kier molecular flexibility index (Phi) is 27.9. The molecule has 0 fully saturated rings. The minimum Gasteiger partial charge on any atom is -0.245 e. The smallest absolute Gasteiger partial charge is 0.128 e. The number of hydrogen-bond donors (Lipinski definition) is 0. The minimum atomic E-state index is -1.42. The zero-order valence-electron chi connectivity index (χ0n) is 29.9. The highest BCUT2D eigenvalue weighted by Gasteiger charge is 2.03. The molecule has 4 rings (SSSR count). The molecule has 42 heavy (non-hydrogen) atoms. The second-order valence-corrected chi connectivity index (χ2v) is 11.5. The Balaban J connectivity index is -0.000000138. The molecule has 7 nitrogen and oxygen atoms in total. The molecule has 3 aromatic heterocycles. The molecule has 0 amide bonds. The quantitative estimate of drug-likeness (QED) is 0.203. The highest BCUT2D eigenvalue weighted by molar-refractivity contribution is 5.11. The molecule has 0 aliphatic rings. The Hall–Kier alpha value is -3.61. The van der Waals surface area contributed by atoms with Gasteiger partial charge in [0.25, 0.3) is 0 Å². The average molecular weight is 585 g/mol. The van der Waals surface area contributed by atoms with Crippen molar-refractivity contribution < 1.29 is 4.11 Å². The van der Waals surface area contributed by atoms with Gasteiger partial charge >= 0.3 is 0 Å². The van der Waals surface area contributed by atoms with Crippen LogP contribution in [0.2, 0.25) is 0 Å². The number of hydrogen-bond acceptors (Lipinski definition) is 7. The first-order valence-electron chi connectivity index (χ1n) is 14.9. The summed E-state index contributed by atoms with van der Waals surface area (Å²) in [7, 11) is -1.42. The van der Waals surface area contributed by atoms with E-state index in [9.17, 15) is 0 Å². The monoisotopic (exact) mass is 585 g/mol. The van der Waals surface area contributed by atoms with Crippen LogP contribution in [-0.2, 0) is 0 Å². The molecule has 238 valence electrons. The molecule has 0 saturated carbocycles. The van der Waals surface area contributed by atoms with Crippen LogP contribution < -0.4 is 0 Å². The van der Waals surface area contributed by atoms with Crippen LogP contribution >= 0.6 is 0 Å². The van der Waals surface area contributed by atoms with Gasteiger partial charge in [-0.25, -0.2) is 34.9 Å². The van der Waals surface area contributed by atoms with Crippen LogP contribution in [0.3, 0.4) is 0 Å². The van der Waals surface area contributed by atoms with E-state index in [-0.39, 0.29) is 14.9 Å². The largest absolute Gasteiger partial charge is 0.245 e. The highest BCUT2D eigenvalue weighted by Crippen LogP contribution is 2.16. The molecule has 0 unspecified atom stereocenters. The number of nitrogens with zero attached hydrogens (tertiary/aromatic N) is 7. The van der Waals surface area contributed by atoms with Gasteiger partial charge in [0.2, 0.25) is 0 Å². The molecule has 0 saturated heterocycles. The van der Waals surface area contributed by atoms with Gasteiger partial charge in [-0.3, -0.25) is 0 Å². The molecule has 7 heteroatoms. The van der Waals surface area contributed by atoms with Gasteiger partial charge in [-0.15, -0.1) is 0 Å². The van der Waals surface area contributed by atoms with E-state index in [2.05, 4.69) is 109 Å². The summed E-state index contributed by atoms with van der Waals surface area (Å²) in [6.45, 7) is 25.4. The third kappa shape index (κ3) is 46.3. The van der Waals surface area contributed by atoms with Crippen molar-refractivity contribution in [3.63, 3.8) is 0 Å². The summed E-state index contributed by atoms with van der Waals surface area (Å²) in [5.74, 6) is 1.58. The van der Waals surface area contributed by atoms with Gasteiger partial charge in [-0.05, 0) is 50.2 Å². The third-order valence-corrected chi connectivity index (χ3v) is 4.01. The van der Waals surface area contributed by atoms with Gasteiger partial charge in [-0.2, -0.15) is 0 Å². The predicted octanol–water partition coefficient (Wildman–Crippen LogP) is 10.1. The van der Waals surface area contributed by atoms with E-state index in [4.69, 9.17) is 4.11 Å². The van der Waals surface area contributed by atoms with Crippen LogP contribution in [0.25, 0.3) is 0 Å². The minimum absolute atomic E-state index is 0. The molecule has 0 aliphatic heterocycles. The van der Waals surface area contributed by atoms with Crippen LogP contribution in [0.15, 0.2) is 80.2 Å². The lowest BCUT2D eigenvalue weighted by Gasteiger charge is -2.12. The summed E-state index contributed by atoms with van der Waals surface area (Å²) in [5.41, 5.74) is 3.46. The second-order valence-electron chi connectivity index (χ2n) is 11.5. The van der Waals surface area contributed by atoms with E-state index in [0.29, 0.717) is 10.8 Å². The number of rotatable bonds is 0. The molecular weight excluding hydrogens is 518 g/mol. The number of aryl methyl sites for hydroxylation is 4. The van der Waals surface area contributed by atoms with Crippen molar-refractivity contribution in [3.05, 3.63) is 103 Å². The van der Waals surface area contributed by atoms with Crippen LogP contribution in [0.1, 0.15) is 111 Å². The SMILES string of the molecule is C.C.CC(C)(C)C.CCC(C)(C)C.Cc1ccccc1.Cc1cncnc1.Cc1ncccn1.Cc1ncncn1.[2H]C([2H])[2H]. The van der Waals surface area contributed by atoms with Crippen LogP contribution in [0, 0.1) is 38.5 Å². The van der Waals surface area contributed by atoms with Crippen molar-refractivity contribution in [2.24, 2.45) is 10.8 Å². The maximum absolute atomic E-state index is 5.92. The van der Waals surface area contributed by atoms with E-state index >= 15 is 0 Å². The first-order valence-corrected chi connectivity index (χ1v) is 13.2. The Morgan fingerprint density at radius 3 is 1.17 bits per heavy atom. The van der Waals surface area contributed by atoms with Crippen LogP contribution in [0.5, 0.6) is 0 Å². The summed E-state index contributed by atoms with van der Waals surface area (Å²) in [5, 5.41) is 0. The lowest BCUT2D eigenvalue weighted by atomic mass is 9.94. The zero-order valence-corrected chi connectivity index (χ0v) is 26.9. The van der Waals surface area contributed by atoms with Crippen molar-refractivity contribution in [1.82, 2.24) is 34.9 Å². The van der Waals surface area contributed by atoms with Gasteiger partial charge < -0.3 is 0 Å². The molecule has 4 aromatic rings. The molecular formula is C35H63N7. The summed E-state index contributed by atoms with van der Waals surface area (Å²) in [6.07, 6.45) is 12.7. The molecule has 0 bridgehead atoms. The Bertz CT molecular complexity index is 933. The highest BCUT2D eigenvalue weighted by atomic mass is 15.0. The molecule has 1 aromatic carbocycles. The molecule has 0 N–H and O–H groups in total. The number of aromatic nitrogens is 7. The topological polar surface area (TPSA) is 90.2 Å². The Labute approximate surface area is 264 Å². The van der Waals surface area contributed by atoms with Crippen LogP contribution in [-0.4, -0.2) is 34.9 Å². The van der Waals surface area contributed by atoms with E-state index in [1.807, 2.05) is 39.0 Å². The van der Waals surface area contributed by atoms with Crippen molar-refractivity contribution >= 4 is 0 Å². The van der Waals surface area contributed by atoms with Crippen molar-refractivity contribution in [3.8, 4) is 0 Å². The maximum atomic E-state index is 5.92. The summed E-state index contributed by atoms with van der Waals surface area (Å²) >= 11 is 0. The fourth-order valence-corrected chi connectivity index (χ4v) is 1.58. The van der Waals surface area contributed by atoms with Crippen molar-refractivity contribution in [1.29, 1.82) is 0 Å². The summed E-state index contributed by atoms with van der Waals surface area (Å²) in [4.78, 5) is 26.4. The number of benzene rings is 1. The van der Waals surface area contributed by atoms with E-state index in [1.54, 1.807) is 30.9 Å². The first kappa shape index (κ1) is 40.5. The van der Waals surface area contributed by atoms with Gasteiger partial charge in [0.1, 0.15) is 30.6 Å². The molecule has 0 spiro atoms. The third-order valence-electron chi connectivity index (χ3n) is 4.01. The summed E-state index contributed by atoms with van der Waals surface area (Å²) < 4.78 is 17.8. The Morgan fingerprint density at radius 2 is 0.976 bits per heavy atom. The van der Waals surface area contributed by atoms with Crippen LogP contribution in [0.4, 0.5) is 0 Å². The van der Waals surface area contributed by atoms with Gasteiger partial charge in [0.15, 0.2) is 0 Å². The van der Waals surface area contributed by atoms with E-state index in [1.165, 1.54) is 31.0 Å². The molecule has 0 radical (unpaired) electrons. The van der Waals surface area contributed by atoms with Gasteiger partial charge in [-0.1, -0.05) is 120 Å². The molecule has 3 heterocycles. The first-order chi connectivity index (χ1) is 19.9. The fourth-order valence-electron chi connectivity index (χ4n) is 1.58. The van der Waals surface area contributed by atoms with Crippen molar-refractivity contribution in [2.45, 2.75) is 112 Å². The zero-order chi connectivity index (χ0) is 33.7.